The molecule has 0 radical (unpaired) electrons. The van der Waals surface area contributed by atoms with Crippen molar-refractivity contribution in [3.05, 3.63) is 34.9 Å². The number of rotatable bonds is 2. The monoisotopic (exact) mass is 344 g/mol. The van der Waals surface area contributed by atoms with Crippen LogP contribution in [0.1, 0.15) is 47.5 Å². The van der Waals surface area contributed by atoms with Crippen molar-refractivity contribution in [2.75, 3.05) is 0 Å². The van der Waals surface area contributed by atoms with E-state index in [9.17, 15) is 14.4 Å². The molecule has 0 aromatic heterocycles. The van der Waals surface area contributed by atoms with Crippen LogP contribution in [0.25, 0.3) is 0 Å². The zero-order valence-corrected chi connectivity index (χ0v) is 15.3. The van der Waals surface area contributed by atoms with Gasteiger partial charge in [-0.3, -0.25) is 4.79 Å². The van der Waals surface area contributed by atoms with Crippen molar-refractivity contribution >= 4 is 17.7 Å². The van der Waals surface area contributed by atoms with Crippen molar-refractivity contribution in [1.82, 2.24) is 0 Å². The van der Waals surface area contributed by atoms with Crippen molar-refractivity contribution in [3.8, 4) is 0 Å². The van der Waals surface area contributed by atoms with Crippen molar-refractivity contribution in [2.24, 2.45) is 11.3 Å². The zero-order chi connectivity index (χ0) is 18.6. The fourth-order valence-electron chi connectivity index (χ4n) is 4.23. The summed E-state index contributed by atoms with van der Waals surface area (Å²) in [7, 11) is 0. The Morgan fingerprint density at radius 3 is 2.64 bits per heavy atom. The molecule has 134 valence electrons. The van der Waals surface area contributed by atoms with Crippen molar-refractivity contribution in [1.29, 1.82) is 0 Å². The highest BCUT2D eigenvalue weighted by Crippen LogP contribution is 2.54. The molecule has 1 saturated carbocycles. The van der Waals surface area contributed by atoms with Gasteiger partial charge in [0.25, 0.3) is 0 Å². The van der Waals surface area contributed by atoms with Gasteiger partial charge in [-0.15, -0.1) is 0 Å². The quantitative estimate of drug-likeness (QED) is 0.569. The molecule has 0 spiro atoms. The van der Waals surface area contributed by atoms with E-state index >= 15 is 0 Å². The van der Waals surface area contributed by atoms with Crippen molar-refractivity contribution < 1.29 is 23.9 Å². The van der Waals surface area contributed by atoms with Crippen LogP contribution < -0.4 is 0 Å². The Hall–Kier alpha value is -2.17. The average Bonchev–Trinajstić information content (AvgIpc) is 2.80. The molecule has 2 aliphatic carbocycles. The third kappa shape index (κ3) is 2.40. The Bertz CT molecular complexity index is 756. The van der Waals surface area contributed by atoms with Crippen LogP contribution in [0.15, 0.2) is 34.9 Å². The zero-order valence-electron chi connectivity index (χ0n) is 15.3. The number of esters is 2. The van der Waals surface area contributed by atoms with Gasteiger partial charge in [0, 0.05) is 5.57 Å². The molecule has 0 aromatic rings. The Labute approximate surface area is 147 Å². The molecule has 25 heavy (non-hydrogen) atoms. The van der Waals surface area contributed by atoms with E-state index in [0.717, 1.165) is 11.1 Å². The highest BCUT2D eigenvalue weighted by molar-refractivity contribution is 6.00. The van der Waals surface area contributed by atoms with Crippen LogP contribution in [-0.2, 0) is 23.9 Å². The minimum absolute atomic E-state index is 0.0398. The third-order valence-corrected chi connectivity index (χ3v) is 6.06. The summed E-state index contributed by atoms with van der Waals surface area (Å²) in [5.74, 6) is -1.29. The maximum absolute atomic E-state index is 12.6. The van der Waals surface area contributed by atoms with Crippen molar-refractivity contribution in [2.45, 2.75) is 59.2 Å². The van der Waals surface area contributed by atoms with Crippen LogP contribution in [0.4, 0.5) is 0 Å². The van der Waals surface area contributed by atoms with Gasteiger partial charge >= 0.3 is 11.9 Å². The van der Waals surface area contributed by atoms with E-state index in [1.54, 1.807) is 39.0 Å². The summed E-state index contributed by atoms with van der Waals surface area (Å²) >= 11 is 0. The molecule has 5 nitrogen and oxygen atoms in total. The van der Waals surface area contributed by atoms with Gasteiger partial charge < -0.3 is 9.47 Å². The molecule has 3 aliphatic rings. The van der Waals surface area contributed by atoms with Crippen LogP contribution in [0.2, 0.25) is 0 Å². The lowest BCUT2D eigenvalue weighted by molar-refractivity contribution is -0.170. The van der Waals surface area contributed by atoms with Crippen molar-refractivity contribution in [3.63, 3.8) is 0 Å². The Balaban J connectivity index is 2.00. The van der Waals surface area contributed by atoms with E-state index in [2.05, 4.69) is 0 Å². The second-order valence-corrected chi connectivity index (χ2v) is 7.57. The van der Waals surface area contributed by atoms with E-state index in [-0.39, 0.29) is 11.7 Å². The number of ether oxygens (including phenoxy) is 2. The summed E-state index contributed by atoms with van der Waals surface area (Å²) in [6.07, 6.45) is 5.70. The number of hydrogen-bond acceptors (Lipinski definition) is 5. The summed E-state index contributed by atoms with van der Waals surface area (Å²) in [4.78, 5) is 37.4. The average molecular weight is 344 g/mol. The highest BCUT2D eigenvalue weighted by Gasteiger charge is 2.63. The third-order valence-electron chi connectivity index (χ3n) is 6.06. The van der Waals surface area contributed by atoms with E-state index in [1.165, 1.54) is 0 Å². The molecule has 3 rings (SSSR count). The summed E-state index contributed by atoms with van der Waals surface area (Å²) < 4.78 is 11.3. The number of carbonyl (C=O) groups excluding carboxylic acids is 3. The number of carbonyl (C=O) groups is 3. The van der Waals surface area contributed by atoms with Gasteiger partial charge in [-0.1, -0.05) is 12.2 Å². The molecular weight excluding hydrogens is 320 g/mol. The predicted molar refractivity (Wildman–Crippen MR) is 91.5 cm³/mol. The first-order valence-electron chi connectivity index (χ1n) is 8.66. The molecule has 0 bridgehead atoms. The molecule has 2 fully saturated rings. The summed E-state index contributed by atoms with van der Waals surface area (Å²) in [6, 6.07) is 0. The van der Waals surface area contributed by atoms with Gasteiger partial charge in [-0.05, 0) is 64.7 Å². The van der Waals surface area contributed by atoms with E-state index < -0.39 is 29.1 Å². The molecule has 1 saturated heterocycles. The molecular formula is C20H24O5. The van der Waals surface area contributed by atoms with Gasteiger partial charge in [-0.2, -0.15) is 0 Å². The fraction of sp³-hybridized carbons (Fsp3) is 0.550. The van der Waals surface area contributed by atoms with E-state index in [0.29, 0.717) is 18.4 Å². The molecule has 0 amide bonds. The smallest absolute Gasteiger partial charge is 0.351 e. The summed E-state index contributed by atoms with van der Waals surface area (Å²) in [5, 5.41) is 0. The van der Waals surface area contributed by atoms with Crippen LogP contribution in [0, 0.1) is 11.3 Å². The molecule has 4 atom stereocenters. The summed E-state index contributed by atoms with van der Waals surface area (Å²) in [5.41, 5.74) is 0.279. The molecule has 0 unspecified atom stereocenters. The van der Waals surface area contributed by atoms with Gasteiger partial charge in [0.1, 0.15) is 6.10 Å². The van der Waals surface area contributed by atoms with Gasteiger partial charge in [0.15, 0.2) is 5.78 Å². The van der Waals surface area contributed by atoms with Crippen LogP contribution in [0.5, 0.6) is 0 Å². The van der Waals surface area contributed by atoms with Crippen LogP contribution in [-0.4, -0.2) is 29.4 Å². The molecule has 5 heteroatoms. The number of fused-ring (bicyclic) bond motifs is 3. The first-order valence-corrected chi connectivity index (χ1v) is 8.66. The summed E-state index contributed by atoms with van der Waals surface area (Å²) in [6.45, 7) is 8.86. The highest BCUT2D eigenvalue weighted by atomic mass is 16.6. The first kappa shape index (κ1) is 17.6. The second-order valence-electron chi connectivity index (χ2n) is 7.57. The number of ketones is 1. The Morgan fingerprint density at radius 1 is 1.32 bits per heavy atom. The topological polar surface area (TPSA) is 69.7 Å². The van der Waals surface area contributed by atoms with Crippen LogP contribution >= 0.6 is 0 Å². The minimum Gasteiger partial charge on any atom is -0.454 e. The lowest BCUT2D eigenvalue weighted by Gasteiger charge is -2.44. The van der Waals surface area contributed by atoms with Gasteiger partial charge in [0.2, 0.25) is 5.60 Å². The SMILES string of the molecule is C/C=C(/C)C(=O)O[C@]1(C)C(=O)O[C@H]2C3=C(C)C=CC(=O)[C@@]3(C)CC[C@@H]21. The van der Waals surface area contributed by atoms with E-state index in [4.69, 9.17) is 9.47 Å². The largest absolute Gasteiger partial charge is 0.454 e. The van der Waals surface area contributed by atoms with Gasteiger partial charge in [-0.25, -0.2) is 9.59 Å². The maximum atomic E-state index is 12.6. The van der Waals surface area contributed by atoms with E-state index in [1.807, 2.05) is 13.8 Å². The molecule has 1 aliphatic heterocycles. The Kier molecular flexibility index (Phi) is 4.01. The second kappa shape index (κ2) is 5.68. The molecule has 0 N–H and O–H groups in total. The predicted octanol–water partition coefficient (Wildman–Crippen LogP) is 3.05. The normalized spacial score (nSPS) is 37.6. The first-order chi connectivity index (χ1) is 11.6. The molecule has 1 heterocycles. The van der Waals surface area contributed by atoms with Crippen LogP contribution in [0.3, 0.4) is 0 Å². The lowest BCUT2D eigenvalue weighted by atomic mass is 9.60. The van der Waals surface area contributed by atoms with Gasteiger partial charge in [0.05, 0.1) is 11.3 Å². The number of allylic oxidation sites excluding steroid dienone is 4. The fourth-order valence-corrected chi connectivity index (χ4v) is 4.23. The number of hydrogen-bond donors (Lipinski definition) is 0. The Morgan fingerprint density at radius 2 is 2.00 bits per heavy atom. The molecule has 0 aromatic carbocycles. The maximum Gasteiger partial charge on any atom is 0.351 e. The minimum atomic E-state index is -1.33. The lowest BCUT2D eigenvalue weighted by Crippen LogP contribution is -2.49. The standard InChI is InChI=1S/C20H24O5/c1-6-11(2)17(22)25-20(5)13-9-10-19(4)14(21)8-7-12(3)15(19)16(13)24-18(20)23/h6-8,13,16H,9-10H2,1-5H3/b11-6-/t13-,16+,19+,20-/m0/s1.